The summed E-state index contributed by atoms with van der Waals surface area (Å²) in [5.41, 5.74) is 0.663. The van der Waals surface area contributed by atoms with Gasteiger partial charge in [-0.3, -0.25) is 14.4 Å². The first-order valence-electron chi connectivity index (χ1n) is 8.98. The number of hydrogen-bond donors (Lipinski definition) is 2. The summed E-state index contributed by atoms with van der Waals surface area (Å²) in [5, 5.41) is 4.86. The molecule has 2 unspecified atom stereocenters. The van der Waals surface area contributed by atoms with Gasteiger partial charge in [0.15, 0.2) is 6.10 Å². The van der Waals surface area contributed by atoms with Gasteiger partial charge in [-0.15, -0.1) is 13.2 Å². The van der Waals surface area contributed by atoms with Crippen LogP contribution in [0.4, 0.5) is 28.9 Å². The number of fused-ring (bicyclic) bond motifs is 1. The van der Waals surface area contributed by atoms with Crippen molar-refractivity contribution in [1.82, 2.24) is 0 Å². The number of carbonyl (C=O) groups is 3. The molecule has 0 fully saturated rings. The molecule has 0 aliphatic carbocycles. The first-order valence-corrected chi connectivity index (χ1v) is 8.98. The average molecular weight is 440 g/mol. The quantitative estimate of drug-likeness (QED) is 0.546. The van der Waals surface area contributed by atoms with E-state index < -0.39 is 47.7 Å². The summed E-state index contributed by atoms with van der Waals surface area (Å²) in [4.78, 5) is 36.6. The smallest absolute Gasteiger partial charge is 0.452 e. The van der Waals surface area contributed by atoms with Crippen LogP contribution >= 0.6 is 0 Å². The second-order valence-corrected chi connectivity index (χ2v) is 6.68. The second-order valence-electron chi connectivity index (χ2n) is 6.68. The molecule has 0 radical (unpaired) electrons. The highest BCUT2D eigenvalue weighted by atomic mass is 19.4. The van der Waals surface area contributed by atoms with Crippen LogP contribution in [0.5, 0.6) is 5.75 Å². The predicted molar refractivity (Wildman–Crippen MR) is 99.7 cm³/mol. The van der Waals surface area contributed by atoms with Crippen LogP contribution in [-0.2, 0) is 19.1 Å². The number of rotatable bonds is 5. The normalized spacial score (nSPS) is 16.5. The van der Waals surface area contributed by atoms with E-state index in [-0.39, 0.29) is 17.8 Å². The Morgan fingerprint density at radius 1 is 1.16 bits per heavy atom. The number of halogens is 4. The van der Waals surface area contributed by atoms with Crippen molar-refractivity contribution < 1.29 is 41.4 Å². The SMILES string of the molecule is CC(OC(=O)C1CC(=O)Nc2cc(F)ccc21)C(=O)Nc1ccc(OC(F)(F)F)cc1. The molecule has 1 aliphatic heterocycles. The Hall–Kier alpha value is -3.63. The molecule has 164 valence electrons. The molecule has 2 aromatic carbocycles. The molecule has 1 aliphatic rings. The Balaban J connectivity index is 1.62. The number of alkyl halides is 3. The number of amides is 2. The highest BCUT2D eigenvalue weighted by molar-refractivity contribution is 6.01. The van der Waals surface area contributed by atoms with E-state index in [1.54, 1.807) is 0 Å². The Labute approximate surface area is 173 Å². The molecule has 0 saturated heterocycles. The Bertz CT molecular complexity index is 1010. The van der Waals surface area contributed by atoms with Gasteiger partial charge in [0.25, 0.3) is 5.91 Å². The van der Waals surface area contributed by atoms with Crippen LogP contribution < -0.4 is 15.4 Å². The van der Waals surface area contributed by atoms with E-state index in [9.17, 15) is 31.9 Å². The number of ether oxygens (including phenoxy) is 2. The van der Waals surface area contributed by atoms with Crippen LogP contribution in [-0.4, -0.2) is 30.2 Å². The lowest BCUT2D eigenvalue weighted by Gasteiger charge is -2.25. The fraction of sp³-hybridized carbons (Fsp3) is 0.250. The zero-order chi connectivity index (χ0) is 22.8. The standard InChI is InChI=1S/C20H16F4N2O5/c1-10(18(28)25-12-3-5-13(6-4-12)31-20(22,23)24)30-19(29)15-9-17(27)26-16-8-11(21)2-7-14(15)16/h2-8,10,15H,9H2,1H3,(H,25,28)(H,26,27). The molecule has 0 saturated carbocycles. The van der Waals surface area contributed by atoms with Gasteiger partial charge in [-0.25, -0.2) is 4.39 Å². The number of anilines is 2. The second kappa shape index (κ2) is 8.62. The lowest BCUT2D eigenvalue weighted by Crippen LogP contribution is -2.34. The van der Waals surface area contributed by atoms with E-state index in [1.165, 1.54) is 25.1 Å². The van der Waals surface area contributed by atoms with Crippen molar-refractivity contribution in [1.29, 1.82) is 0 Å². The molecule has 0 bridgehead atoms. The monoisotopic (exact) mass is 440 g/mol. The van der Waals surface area contributed by atoms with Crippen molar-refractivity contribution in [3.8, 4) is 5.75 Å². The maximum atomic E-state index is 13.4. The van der Waals surface area contributed by atoms with Crippen molar-refractivity contribution in [2.75, 3.05) is 10.6 Å². The van der Waals surface area contributed by atoms with Gasteiger partial charge in [-0.05, 0) is 48.9 Å². The summed E-state index contributed by atoms with van der Waals surface area (Å²) in [7, 11) is 0. The minimum atomic E-state index is -4.84. The highest BCUT2D eigenvalue weighted by Crippen LogP contribution is 2.34. The van der Waals surface area contributed by atoms with E-state index >= 15 is 0 Å². The molecular formula is C20H16F4N2O5. The lowest BCUT2D eigenvalue weighted by molar-refractivity contribution is -0.274. The van der Waals surface area contributed by atoms with Crippen LogP contribution in [0.25, 0.3) is 0 Å². The summed E-state index contributed by atoms with van der Waals surface area (Å²) in [5.74, 6) is -4.16. The van der Waals surface area contributed by atoms with E-state index in [0.717, 1.165) is 24.3 Å². The van der Waals surface area contributed by atoms with Crippen LogP contribution in [0, 0.1) is 5.82 Å². The highest BCUT2D eigenvalue weighted by Gasteiger charge is 2.34. The van der Waals surface area contributed by atoms with E-state index in [4.69, 9.17) is 4.74 Å². The van der Waals surface area contributed by atoms with Crippen molar-refractivity contribution in [2.24, 2.45) is 0 Å². The maximum Gasteiger partial charge on any atom is 0.573 e. The lowest BCUT2D eigenvalue weighted by atomic mass is 9.90. The zero-order valence-electron chi connectivity index (χ0n) is 16.0. The fourth-order valence-electron chi connectivity index (χ4n) is 2.94. The van der Waals surface area contributed by atoms with Crippen LogP contribution in [0.2, 0.25) is 0 Å². The van der Waals surface area contributed by atoms with E-state index in [0.29, 0.717) is 5.56 Å². The number of esters is 1. The minimum absolute atomic E-state index is 0.150. The van der Waals surface area contributed by atoms with Gasteiger partial charge < -0.3 is 20.1 Å². The summed E-state index contributed by atoms with van der Waals surface area (Å²) in [6, 6.07) is 7.96. The number of benzene rings is 2. The molecule has 7 nitrogen and oxygen atoms in total. The van der Waals surface area contributed by atoms with Crippen LogP contribution in [0.3, 0.4) is 0 Å². The van der Waals surface area contributed by atoms with Crippen molar-refractivity contribution >= 4 is 29.2 Å². The molecule has 2 N–H and O–H groups in total. The molecule has 3 rings (SSSR count). The first-order chi connectivity index (χ1) is 14.5. The fourth-order valence-corrected chi connectivity index (χ4v) is 2.94. The third kappa shape index (κ3) is 5.71. The van der Waals surface area contributed by atoms with Gasteiger partial charge in [0.1, 0.15) is 11.6 Å². The van der Waals surface area contributed by atoms with Gasteiger partial charge in [0, 0.05) is 17.8 Å². The third-order valence-electron chi connectivity index (χ3n) is 4.36. The largest absolute Gasteiger partial charge is 0.573 e. The topological polar surface area (TPSA) is 93.7 Å². The molecule has 2 amide bonds. The molecule has 0 aromatic heterocycles. The molecule has 2 atom stereocenters. The number of nitrogens with one attached hydrogen (secondary N) is 2. The van der Waals surface area contributed by atoms with Crippen LogP contribution in [0.15, 0.2) is 42.5 Å². The Morgan fingerprint density at radius 3 is 2.48 bits per heavy atom. The van der Waals surface area contributed by atoms with Crippen molar-refractivity contribution in [3.05, 3.63) is 53.8 Å². The van der Waals surface area contributed by atoms with Gasteiger partial charge in [-0.2, -0.15) is 0 Å². The molecule has 11 heteroatoms. The van der Waals surface area contributed by atoms with E-state index in [2.05, 4.69) is 15.4 Å². The minimum Gasteiger partial charge on any atom is -0.452 e. The first kappa shape index (κ1) is 22.1. The van der Waals surface area contributed by atoms with Gasteiger partial charge in [0.05, 0.1) is 5.92 Å². The summed E-state index contributed by atoms with van der Waals surface area (Å²) >= 11 is 0. The van der Waals surface area contributed by atoms with Crippen molar-refractivity contribution in [2.45, 2.75) is 31.7 Å². The molecule has 1 heterocycles. The molecular weight excluding hydrogens is 424 g/mol. The average Bonchev–Trinajstić information content (AvgIpc) is 2.67. The summed E-state index contributed by atoms with van der Waals surface area (Å²) < 4.78 is 58.8. The number of carbonyl (C=O) groups excluding carboxylic acids is 3. The third-order valence-corrected chi connectivity index (χ3v) is 4.36. The Kier molecular flexibility index (Phi) is 6.14. The van der Waals surface area contributed by atoms with Gasteiger partial charge >= 0.3 is 12.3 Å². The van der Waals surface area contributed by atoms with Crippen molar-refractivity contribution in [3.63, 3.8) is 0 Å². The predicted octanol–water partition coefficient (Wildman–Crippen LogP) is 3.72. The van der Waals surface area contributed by atoms with E-state index in [1.807, 2.05) is 0 Å². The summed E-state index contributed by atoms with van der Waals surface area (Å²) in [6.45, 7) is 1.29. The Morgan fingerprint density at radius 2 is 1.84 bits per heavy atom. The maximum absolute atomic E-state index is 13.4. The van der Waals surface area contributed by atoms with Gasteiger partial charge in [-0.1, -0.05) is 6.07 Å². The van der Waals surface area contributed by atoms with Crippen LogP contribution in [0.1, 0.15) is 24.8 Å². The molecule has 0 spiro atoms. The molecule has 31 heavy (non-hydrogen) atoms. The van der Waals surface area contributed by atoms with Gasteiger partial charge in [0.2, 0.25) is 5.91 Å². The zero-order valence-corrected chi connectivity index (χ0v) is 16.0. The molecule has 2 aromatic rings. The number of hydrogen-bond acceptors (Lipinski definition) is 5. The summed E-state index contributed by atoms with van der Waals surface area (Å²) in [6.07, 6.45) is -6.34.